The zero-order chi connectivity index (χ0) is 30.7. The number of nitrogens with one attached hydrogen (secondary N) is 2. The molecule has 0 saturated carbocycles. The number of sulfone groups is 1. The van der Waals surface area contributed by atoms with Crippen LogP contribution in [-0.2, 0) is 21.3 Å². The Labute approximate surface area is 260 Å². The zero-order valence-corrected chi connectivity index (χ0v) is 25.6. The second-order valence-electron chi connectivity index (χ2n) is 10.9. The number of hydrogen-bond acceptors (Lipinski definition) is 8. The van der Waals surface area contributed by atoms with E-state index in [1.165, 1.54) is 6.07 Å². The van der Waals surface area contributed by atoms with Crippen molar-refractivity contribution in [2.45, 2.75) is 37.3 Å². The molecular formula is C33H31ClFN5O3S. The van der Waals surface area contributed by atoms with Crippen molar-refractivity contribution in [2.24, 2.45) is 0 Å². The maximum atomic E-state index is 15.2. The highest BCUT2D eigenvalue weighted by Gasteiger charge is 2.22. The third-order valence-corrected chi connectivity index (χ3v) is 9.35. The van der Waals surface area contributed by atoms with Gasteiger partial charge in [-0.15, -0.1) is 0 Å². The average molecular weight is 632 g/mol. The van der Waals surface area contributed by atoms with E-state index in [4.69, 9.17) is 21.3 Å². The molecule has 0 amide bonds. The van der Waals surface area contributed by atoms with E-state index >= 15 is 4.39 Å². The molecule has 226 valence electrons. The number of pyridine rings is 1. The van der Waals surface area contributed by atoms with Gasteiger partial charge in [0.15, 0.2) is 9.84 Å². The molecule has 8 nitrogen and oxygen atoms in total. The van der Waals surface area contributed by atoms with Crippen molar-refractivity contribution in [1.82, 2.24) is 20.3 Å². The van der Waals surface area contributed by atoms with Crippen molar-refractivity contribution in [2.75, 3.05) is 18.4 Å². The van der Waals surface area contributed by atoms with Gasteiger partial charge in [0, 0.05) is 41.0 Å². The lowest BCUT2D eigenvalue weighted by atomic mass is 10.0. The SMILES string of the molecule is Cc1ccc2c(CS(=O)(=O)Cc3ccc(Cl)cc3)c(F)ccc2c1Oc1ncccc1-c1ccnc(N[C@H]2CCCNC2)n1. The number of benzene rings is 3. The zero-order valence-electron chi connectivity index (χ0n) is 24.1. The Balaban J connectivity index is 1.32. The van der Waals surface area contributed by atoms with Crippen LogP contribution in [0.3, 0.4) is 0 Å². The fraction of sp³-hybridized carbons (Fsp3) is 0.242. The van der Waals surface area contributed by atoms with E-state index < -0.39 is 21.4 Å². The van der Waals surface area contributed by atoms with Crippen LogP contribution in [0.2, 0.25) is 5.02 Å². The van der Waals surface area contributed by atoms with E-state index in [-0.39, 0.29) is 17.4 Å². The monoisotopic (exact) mass is 631 g/mol. The molecular weight excluding hydrogens is 601 g/mol. The van der Waals surface area contributed by atoms with Crippen molar-refractivity contribution in [1.29, 1.82) is 0 Å². The summed E-state index contributed by atoms with van der Waals surface area (Å²) in [5.74, 6) is -0.0112. The Morgan fingerprint density at radius 3 is 2.61 bits per heavy atom. The van der Waals surface area contributed by atoms with Crippen molar-refractivity contribution in [3.05, 3.63) is 107 Å². The molecule has 11 heteroatoms. The number of ether oxygens (including phenoxy) is 1. The van der Waals surface area contributed by atoms with Gasteiger partial charge in [-0.25, -0.2) is 27.8 Å². The highest BCUT2D eigenvalue weighted by atomic mass is 35.5. The molecule has 0 unspecified atom stereocenters. The summed E-state index contributed by atoms with van der Waals surface area (Å²) in [6, 6.07) is 18.7. The van der Waals surface area contributed by atoms with Gasteiger partial charge in [0.2, 0.25) is 11.8 Å². The van der Waals surface area contributed by atoms with Crippen LogP contribution >= 0.6 is 11.6 Å². The lowest BCUT2D eigenvalue weighted by Gasteiger charge is -2.23. The largest absolute Gasteiger partial charge is 0.437 e. The second kappa shape index (κ2) is 12.9. The van der Waals surface area contributed by atoms with Gasteiger partial charge in [-0.1, -0.05) is 35.9 Å². The Morgan fingerprint density at radius 1 is 1.00 bits per heavy atom. The fourth-order valence-electron chi connectivity index (χ4n) is 5.41. The summed E-state index contributed by atoms with van der Waals surface area (Å²) in [5.41, 5.74) is 2.74. The Morgan fingerprint density at radius 2 is 1.82 bits per heavy atom. The predicted molar refractivity (Wildman–Crippen MR) is 171 cm³/mol. The Kier molecular flexibility index (Phi) is 8.74. The number of aryl methyl sites for hydroxylation is 1. The molecule has 0 bridgehead atoms. The molecule has 3 heterocycles. The summed E-state index contributed by atoms with van der Waals surface area (Å²) < 4.78 is 48.0. The lowest BCUT2D eigenvalue weighted by molar-refractivity contribution is 0.466. The normalized spacial score (nSPS) is 15.3. The molecule has 2 N–H and O–H groups in total. The maximum absolute atomic E-state index is 15.2. The Bertz CT molecular complexity index is 1920. The van der Waals surface area contributed by atoms with Crippen molar-refractivity contribution in [3.63, 3.8) is 0 Å². The van der Waals surface area contributed by atoms with Gasteiger partial charge in [0.1, 0.15) is 11.6 Å². The number of hydrogen-bond donors (Lipinski definition) is 2. The smallest absolute Gasteiger partial charge is 0.228 e. The van der Waals surface area contributed by atoms with Crippen LogP contribution in [0, 0.1) is 12.7 Å². The molecule has 2 aromatic heterocycles. The van der Waals surface area contributed by atoms with E-state index in [0.29, 0.717) is 50.2 Å². The summed E-state index contributed by atoms with van der Waals surface area (Å²) in [6.45, 7) is 3.74. The van der Waals surface area contributed by atoms with E-state index in [9.17, 15) is 8.42 Å². The molecule has 3 aromatic carbocycles. The number of aromatic nitrogens is 3. The van der Waals surface area contributed by atoms with Crippen molar-refractivity contribution < 1.29 is 17.5 Å². The highest BCUT2D eigenvalue weighted by molar-refractivity contribution is 7.89. The predicted octanol–water partition coefficient (Wildman–Crippen LogP) is 6.86. The van der Waals surface area contributed by atoms with Gasteiger partial charge in [-0.05, 0) is 85.3 Å². The van der Waals surface area contributed by atoms with Crippen molar-refractivity contribution in [3.8, 4) is 22.9 Å². The third-order valence-electron chi connectivity index (χ3n) is 7.60. The minimum absolute atomic E-state index is 0.0891. The first-order valence-electron chi connectivity index (χ1n) is 14.3. The van der Waals surface area contributed by atoms with Crippen LogP contribution < -0.4 is 15.4 Å². The minimum atomic E-state index is -3.71. The minimum Gasteiger partial charge on any atom is -0.437 e. The fourth-order valence-corrected chi connectivity index (χ4v) is 7.07. The van der Waals surface area contributed by atoms with Crippen LogP contribution in [0.1, 0.15) is 29.5 Å². The van der Waals surface area contributed by atoms with E-state index in [2.05, 4.69) is 20.6 Å². The topological polar surface area (TPSA) is 106 Å². The van der Waals surface area contributed by atoms with Crippen LogP contribution in [0.25, 0.3) is 22.0 Å². The standard InChI is InChI=1S/C33H31ClFN5O3S/c1-21-6-11-25-26(12-13-29(35)28(25)20-44(41,42)19-22-7-9-23(34)10-8-22)31(21)43-32-27(5-3-16-37-32)30-14-17-38-33(40-30)39-24-4-2-15-36-18-24/h3,5-14,16-17,24,36H,2,4,15,18-20H2,1H3,(H,38,39,40)/t24-/m0/s1. The van der Waals surface area contributed by atoms with Gasteiger partial charge < -0.3 is 15.4 Å². The summed E-state index contributed by atoms with van der Waals surface area (Å²) in [6.07, 6.45) is 5.44. The first-order chi connectivity index (χ1) is 21.3. The Hall–Kier alpha value is -4.12. The molecule has 0 spiro atoms. The molecule has 5 aromatic rings. The quantitative estimate of drug-likeness (QED) is 0.182. The first-order valence-corrected chi connectivity index (χ1v) is 16.5. The van der Waals surface area contributed by atoms with Crippen LogP contribution in [-0.4, -0.2) is 42.5 Å². The first kappa shape index (κ1) is 29.9. The number of nitrogens with zero attached hydrogens (tertiary/aromatic N) is 3. The third kappa shape index (κ3) is 6.83. The molecule has 1 saturated heterocycles. The van der Waals surface area contributed by atoms with E-state index in [1.54, 1.807) is 67.0 Å². The molecule has 1 fully saturated rings. The number of piperidine rings is 1. The molecule has 1 atom stereocenters. The highest BCUT2D eigenvalue weighted by Crippen LogP contribution is 2.38. The van der Waals surface area contributed by atoms with Crippen LogP contribution in [0.15, 0.2) is 79.1 Å². The van der Waals surface area contributed by atoms with Gasteiger partial charge in [0.25, 0.3) is 0 Å². The van der Waals surface area contributed by atoms with Gasteiger partial charge in [0.05, 0.1) is 22.8 Å². The van der Waals surface area contributed by atoms with Gasteiger partial charge in [-0.3, -0.25) is 0 Å². The van der Waals surface area contributed by atoms with Gasteiger partial charge in [-0.2, -0.15) is 0 Å². The lowest BCUT2D eigenvalue weighted by Crippen LogP contribution is -2.38. The number of halogens is 2. The molecule has 6 rings (SSSR count). The van der Waals surface area contributed by atoms with Crippen molar-refractivity contribution >= 4 is 38.2 Å². The second-order valence-corrected chi connectivity index (χ2v) is 13.4. The summed E-state index contributed by atoms with van der Waals surface area (Å²) >= 11 is 5.95. The average Bonchev–Trinajstić information content (AvgIpc) is 3.02. The van der Waals surface area contributed by atoms with Crippen LogP contribution in [0.4, 0.5) is 10.3 Å². The maximum Gasteiger partial charge on any atom is 0.228 e. The van der Waals surface area contributed by atoms with Crippen LogP contribution in [0.5, 0.6) is 11.6 Å². The number of anilines is 1. The summed E-state index contributed by atoms with van der Waals surface area (Å²) in [5, 5.41) is 8.33. The molecule has 1 aliphatic heterocycles. The number of rotatable bonds is 9. The molecule has 1 aliphatic rings. The van der Waals surface area contributed by atoms with E-state index in [0.717, 1.165) is 31.5 Å². The molecule has 0 aliphatic carbocycles. The molecule has 0 radical (unpaired) electrons. The summed E-state index contributed by atoms with van der Waals surface area (Å²) in [4.78, 5) is 13.6. The van der Waals surface area contributed by atoms with E-state index in [1.807, 2.05) is 13.0 Å². The summed E-state index contributed by atoms with van der Waals surface area (Å²) in [7, 11) is -3.71. The van der Waals surface area contributed by atoms with Gasteiger partial charge >= 0.3 is 0 Å². The number of fused-ring (bicyclic) bond motifs is 1. The molecule has 44 heavy (non-hydrogen) atoms.